The molecule has 0 amide bonds. The molecule has 18 heavy (non-hydrogen) atoms. The number of aliphatic carboxylic acids is 1. The van der Waals surface area contributed by atoms with Crippen LogP contribution >= 0.6 is 0 Å². The van der Waals surface area contributed by atoms with E-state index in [-0.39, 0.29) is 0 Å². The molecule has 2 aromatic rings. The number of hydrogen-bond acceptors (Lipinski definition) is 1. The topological polar surface area (TPSA) is 37.3 Å². The number of carboxylic acids is 1. The van der Waals surface area contributed by atoms with Crippen LogP contribution in [-0.4, -0.2) is 11.1 Å². The first-order chi connectivity index (χ1) is 8.58. The van der Waals surface area contributed by atoms with E-state index in [1.807, 2.05) is 51.1 Å². The van der Waals surface area contributed by atoms with Gasteiger partial charge in [0, 0.05) is 0 Å². The number of rotatable bonds is 2. The molecule has 0 saturated carbocycles. The fraction of sp³-hybridized carbons (Fsp3) is 0.312. The molecule has 96 valence electrons. The number of hydrogen-bond donors (Lipinski definition) is 1. The molecule has 0 radical (unpaired) electrons. The number of fused-ring (bicyclic) bond motifs is 1. The zero-order valence-electron chi connectivity index (χ0n) is 11.4. The number of aryl methyl sites for hydroxylation is 1. The summed E-state index contributed by atoms with van der Waals surface area (Å²) in [6, 6.07) is 12.0. The van der Waals surface area contributed by atoms with Gasteiger partial charge in [-0.05, 0) is 30.2 Å². The van der Waals surface area contributed by atoms with Crippen molar-refractivity contribution in [3.8, 4) is 0 Å². The molecule has 2 rings (SSSR count). The molecule has 0 heterocycles. The van der Waals surface area contributed by atoms with Crippen LogP contribution in [0.4, 0.5) is 0 Å². The Balaban J connectivity index is 0.000000771. The summed E-state index contributed by atoms with van der Waals surface area (Å²) in [4.78, 5) is 10.9. The second-order valence-electron chi connectivity index (χ2n) is 4.17. The molecule has 1 unspecified atom stereocenters. The van der Waals surface area contributed by atoms with E-state index in [0.29, 0.717) is 0 Å². The molecule has 0 aromatic heterocycles. The minimum atomic E-state index is -0.786. The quantitative estimate of drug-likeness (QED) is 0.852. The van der Waals surface area contributed by atoms with Crippen molar-refractivity contribution < 1.29 is 9.90 Å². The Morgan fingerprint density at radius 2 is 1.61 bits per heavy atom. The third-order valence-electron chi connectivity index (χ3n) is 2.89. The molecule has 1 N–H and O–H groups in total. The van der Waals surface area contributed by atoms with Crippen molar-refractivity contribution in [1.29, 1.82) is 0 Å². The first-order valence-electron chi connectivity index (χ1n) is 6.31. The van der Waals surface area contributed by atoms with E-state index in [1.165, 1.54) is 5.56 Å². The summed E-state index contributed by atoms with van der Waals surface area (Å²) in [7, 11) is 0. The Labute approximate surface area is 108 Å². The van der Waals surface area contributed by atoms with Crippen LogP contribution in [0, 0.1) is 6.92 Å². The van der Waals surface area contributed by atoms with Gasteiger partial charge in [0.25, 0.3) is 0 Å². The first kappa shape index (κ1) is 14.2. The maximum Gasteiger partial charge on any atom is 0.310 e. The molecular formula is C16H20O2. The fourth-order valence-electron chi connectivity index (χ4n) is 1.80. The highest BCUT2D eigenvalue weighted by Gasteiger charge is 2.13. The molecule has 0 aliphatic carbocycles. The zero-order chi connectivity index (χ0) is 13.7. The standard InChI is InChI=1S/C14H14O2.C2H6/c1-9-3-4-13-8-11(10(2)14(15)16)5-6-12(13)7-9;1-2/h3-8,10H,1-2H3,(H,15,16);1-2H3. The van der Waals surface area contributed by atoms with E-state index in [1.54, 1.807) is 6.92 Å². The van der Waals surface area contributed by atoms with Crippen LogP contribution in [0.5, 0.6) is 0 Å². The average molecular weight is 244 g/mol. The largest absolute Gasteiger partial charge is 0.481 e. The summed E-state index contributed by atoms with van der Waals surface area (Å²) in [5, 5.41) is 11.2. The van der Waals surface area contributed by atoms with Crippen LogP contribution in [0.15, 0.2) is 36.4 Å². The van der Waals surface area contributed by atoms with Gasteiger partial charge in [-0.15, -0.1) is 0 Å². The molecule has 0 fully saturated rings. The molecule has 2 nitrogen and oxygen atoms in total. The van der Waals surface area contributed by atoms with E-state index >= 15 is 0 Å². The zero-order valence-corrected chi connectivity index (χ0v) is 11.4. The average Bonchev–Trinajstić information content (AvgIpc) is 2.39. The predicted molar refractivity (Wildman–Crippen MR) is 76.1 cm³/mol. The summed E-state index contributed by atoms with van der Waals surface area (Å²) < 4.78 is 0. The van der Waals surface area contributed by atoms with Crippen LogP contribution < -0.4 is 0 Å². The lowest BCUT2D eigenvalue weighted by atomic mass is 9.97. The lowest BCUT2D eigenvalue weighted by Crippen LogP contribution is -2.06. The Hall–Kier alpha value is -1.83. The predicted octanol–water partition coefficient (Wildman–Crippen LogP) is 4.36. The van der Waals surface area contributed by atoms with Crippen LogP contribution in [0.3, 0.4) is 0 Å². The Bertz CT molecular complexity index is 544. The molecule has 0 bridgehead atoms. The van der Waals surface area contributed by atoms with E-state index in [9.17, 15) is 4.79 Å². The molecule has 0 aliphatic rings. The Morgan fingerprint density at radius 1 is 1.06 bits per heavy atom. The van der Waals surface area contributed by atoms with Crippen molar-refractivity contribution in [1.82, 2.24) is 0 Å². The van der Waals surface area contributed by atoms with E-state index < -0.39 is 11.9 Å². The van der Waals surface area contributed by atoms with Crippen LogP contribution in [-0.2, 0) is 4.79 Å². The fourth-order valence-corrected chi connectivity index (χ4v) is 1.80. The van der Waals surface area contributed by atoms with Gasteiger partial charge in [-0.2, -0.15) is 0 Å². The molecule has 0 saturated heterocycles. The summed E-state index contributed by atoms with van der Waals surface area (Å²) in [5.41, 5.74) is 2.07. The number of carbonyl (C=O) groups is 1. The van der Waals surface area contributed by atoms with Gasteiger partial charge in [-0.1, -0.05) is 55.8 Å². The summed E-state index contributed by atoms with van der Waals surface area (Å²) in [6.45, 7) is 7.75. The van der Waals surface area contributed by atoms with E-state index in [0.717, 1.165) is 16.3 Å². The second-order valence-corrected chi connectivity index (χ2v) is 4.17. The van der Waals surface area contributed by atoms with Crippen LogP contribution in [0.2, 0.25) is 0 Å². The minimum Gasteiger partial charge on any atom is -0.481 e. The minimum absolute atomic E-state index is 0.453. The maximum absolute atomic E-state index is 10.9. The van der Waals surface area contributed by atoms with Crippen LogP contribution in [0.25, 0.3) is 10.8 Å². The smallest absolute Gasteiger partial charge is 0.310 e. The summed E-state index contributed by atoms with van der Waals surface area (Å²) in [5.74, 6) is -1.24. The number of benzene rings is 2. The van der Waals surface area contributed by atoms with Gasteiger partial charge in [0.05, 0.1) is 5.92 Å². The molecule has 2 heteroatoms. The van der Waals surface area contributed by atoms with Crippen molar-refractivity contribution in [2.75, 3.05) is 0 Å². The highest BCUT2D eigenvalue weighted by Crippen LogP contribution is 2.22. The SMILES string of the molecule is CC.Cc1ccc2cc(C(C)C(=O)O)ccc2c1. The number of carboxylic acid groups (broad SMARTS) is 1. The lowest BCUT2D eigenvalue weighted by Gasteiger charge is -2.08. The van der Waals surface area contributed by atoms with Crippen molar-refractivity contribution in [3.63, 3.8) is 0 Å². The van der Waals surface area contributed by atoms with Gasteiger partial charge in [0.1, 0.15) is 0 Å². The highest BCUT2D eigenvalue weighted by atomic mass is 16.4. The van der Waals surface area contributed by atoms with Crippen LogP contribution in [0.1, 0.15) is 37.8 Å². The Morgan fingerprint density at radius 3 is 2.22 bits per heavy atom. The third kappa shape index (κ3) is 3.10. The van der Waals surface area contributed by atoms with Crippen molar-refractivity contribution in [2.24, 2.45) is 0 Å². The summed E-state index contributed by atoms with van der Waals surface area (Å²) >= 11 is 0. The van der Waals surface area contributed by atoms with Crippen molar-refractivity contribution in [2.45, 2.75) is 33.6 Å². The van der Waals surface area contributed by atoms with Gasteiger partial charge in [0.15, 0.2) is 0 Å². The van der Waals surface area contributed by atoms with Crippen molar-refractivity contribution in [3.05, 3.63) is 47.5 Å². The summed E-state index contributed by atoms with van der Waals surface area (Å²) in [6.07, 6.45) is 0. The third-order valence-corrected chi connectivity index (χ3v) is 2.89. The highest BCUT2D eigenvalue weighted by molar-refractivity contribution is 5.85. The van der Waals surface area contributed by atoms with Gasteiger partial charge in [-0.25, -0.2) is 0 Å². The molecule has 0 aliphatic heterocycles. The lowest BCUT2D eigenvalue weighted by molar-refractivity contribution is -0.138. The molecular weight excluding hydrogens is 224 g/mol. The van der Waals surface area contributed by atoms with E-state index in [2.05, 4.69) is 6.07 Å². The van der Waals surface area contributed by atoms with E-state index in [4.69, 9.17) is 5.11 Å². The first-order valence-corrected chi connectivity index (χ1v) is 6.31. The van der Waals surface area contributed by atoms with Crippen molar-refractivity contribution >= 4 is 16.7 Å². The maximum atomic E-state index is 10.9. The van der Waals surface area contributed by atoms with Gasteiger partial charge in [-0.3, -0.25) is 4.79 Å². The molecule has 0 spiro atoms. The molecule has 2 aromatic carbocycles. The van der Waals surface area contributed by atoms with Gasteiger partial charge < -0.3 is 5.11 Å². The van der Waals surface area contributed by atoms with Gasteiger partial charge in [0.2, 0.25) is 0 Å². The second kappa shape index (κ2) is 6.20. The van der Waals surface area contributed by atoms with Gasteiger partial charge >= 0.3 is 5.97 Å². The molecule has 1 atom stereocenters. The normalized spacial score (nSPS) is 11.6. The Kier molecular flexibility index (Phi) is 4.90. The monoisotopic (exact) mass is 244 g/mol.